The zero-order valence-corrected chi connectivity index (χ0v) is 15.7. The lowest BCUT2D eigenvalue weighted by atomic mass is 10.0. The number of benzene rings is 1. The van der Waals surface area contributed by atoms with Gasteiger partial charge in [-0.05, 0) is 49.9 Å². The van der Waals surface area contributed by atoms with E-state index in [2.05, 4.69) is 29.7 Å². The fourth-order valence-corrected chi connectivity index (χ4v) is 3.90. The Hall–Kier alpha value is -2.08. The standard InChI is InChI=1S/C20H30N4O2/c1-2-12-24(18-7-10-21-11-8-18)19(25)14-22-20(26)23-13-9-16-5-3-4-6-17(16)15-23/h3-6,18,21H,2,7-15H2,1H3,(H,22,26). The quantitative estimate of drug-likeness (QED) is 0.843. The lowest BCUT2D eigenvalue weighted by Crippen LogP contribution is -2.51. The summed E-state index contributed by atoms with van der Waals surface area (Å²) in [7, 11) is 0. The van der Waals surface area contributed by atoms with E-state index >= 15 is 0 Å². The Balaban J connectivity index is 1.52. The van der Waals surface area contributed by atoms with E-state index in [1.54, 1.807) is 4.90 Å². The number of hydrogen-bond donors (Lipinski definition) is 2. The summed E-state index contributed by atoms with van der Waals surface area (Å²) in [5, 5.41) is 6.18. The molecule has 0 saturated carbocycles. The molecule has 3 amide bonds. The molecule has 142 valence electrons. The van der Waals surface area contributed by atoms with Crippen molar-refractivity contribution in [2.45, 2.75) is 45.2 Å². The minimum Gasteiger partial charge on any atom is -0.338 e. The lowest BCUT2D eigenvalue weighted by Gasteiger charge is -2.35. The fourth-order valence-electron chi connectivity index (χ4n) is 3.90. The number of amides is 3. The third-order valence-electron chi connectivity index (χ3n) is 5.34. The van der Waals surface area contributed by atoms with Crippen molar-refractivity contribution in [3.63, 3.8) is 0 Å². The lowest BCUT2D eigenvalue weighted by molar-refractivity contribution is -0.133. The van der Waals surface area contributed by atoms with Crippen molar-refractivity contribution in [3.05, 3.63) is 35.4 Å². The topological polar surface area (TPSA) is 64.7 Å². The van der Waals surface area contributed by atoms with Crippen LogP contribution in [0.15, 0.2) is 24.3 Å². The molecule has 1 aromatic carbocycles. The Morgan fingerprint density at radius 2 is 1.96 bits per heavy atom. The molecule has 1 aromatic rings. The van der Waals surface area contributed by atoms with Crippen LogP contribution in [-0.2, 0) is 17.8 Å². The van der Waals surface area contributed by atoms with E-state index in [4.69, 9.17) is 0 Å². The normalized spacial score (nSPS) is 17.5. The van der Waals surface area contributed by atoms with Gasteiger partial charge in [0.15, 0.2) is 0 Å². The number of nitrogens with zero attached hydrogens (tertiary/aromatic N) is 2. The van der Waals surface area contributed by atoms with Gasteiger partial charge in [0.05, 0.1) is 6.54 Å². The fraction of sp³-hybridized carbons (Fsp3) is 0.600. The van der Waals surface area contributed by atoms with Crippen molar-refractivity contribution in [2.24, 2.45) is 0 Å². The monoisotopic (exact) mass is 358 g/mol. The largest absolute Gasteiger partial charge is 0.338 e. The molecule has 0 unspecified atom stereocenters. The molecule has 0 spiro atoms. The van der Waals surface area contributed by atoms with Gasteiger partial charge in [-0.3, -0.25) is 4.79 Å². The Labute approximate surface area is 155 Å². The number of hydrogen-bond acceptors (Lipinski definition) is 3. The average Bonchev–Trinajstić information content (AvgIpc) is 2.70. The van der Waals surface area contributed by atoms with E-state index in [-0.39, 0.29) is 18.5 Å². The molecule has 0 aromatic heterocycles. The second-order valence-corrected chi connectivity index (χ2v) is 7.17. The van der Waals surface area contributed by atoms with Gasteiger partial charge in [-0.2, -0.15) is 0 Å². The number of rotatable bonds is 5. The molecule has 2 heterocycles. The van der Waals surface area contributed by atoms with Gasteiger partial charge in [0, 0.05) is 25.7 Å². The zero-order valence-electron chi connectivity index (χ0n) is 15.7. The van der Waals surface area contributed by atoms with E-state index < -0.39 is 0 Å². The van der Waals surface area contributed by atoms with E-state index in [1.807, 2.05) is 17.0 Å². The molecular formula is C20H30N4O2. The molecule has 0 atom stereocenters. The van der Waals surface area contributed by atoms with Crippen LogP contribution >= 0.6 is 0 Å². The maximum absolute atomic E-state index is 12.7. The third kappa shape index (κ3) is 4.55. The van der Waals surface area contributed by atoms with Gasteiger partial charge in [0.2, 0.25) is 5.91 Å². The van der Waals surface area contributed by atoms with E-state index in [1.165, 1.54) is 11.1 Å². The van der Waals surface area contributed by atoms with Gasteiger partial charge in [-0.15, -0.1) is 0 Å². The van der Waals surface area contributed by atoms with Crippen LogP contribution in [0.4, 0.5) is 4.79 Å². The van der Waals surface area contributed by atoms with Gasteiger partial charge in [0.25, 0.3) is 0 Å². The molecule has 26 heavy (non-hydrogen) atoms. The summed E-state index contributed by atoms with van der Waals surface area (Å²) in [5.41, 5.74) is 2.51. The molecule has 2 aliphatic heterocycles. The third-order valence-corrected chi connectivity index (χ3v) is 5.34. The van der Waals surface area contributed by atoms with E-state index in [0.717, 1.165) is 45.3 Å². The molecule has 2 N–H and O–H groups in total. The van der Waals surface area contributed by atoms with Gasteiger partial charge in [0.1, 0.15) is 0 Å². The van der Waals surface area contributed by atoms with Crippen molar-refractivity contribution in [3.8, 4) is 0 Å². The Kier molecular flexibility index (Phi) is 6.50. The molecule has 0 aliphatic carbocycles. The molecule has 2 aliphatic rings. The van der Waals surface area contributed by atoms with Crippen LogP contribution in [0.25, 0.3) is 0 Å². The molecule has 1 fully saturated rings. The van der Waals surface area contributed by atoms with Gasteiger partial charge >= 0.3 is 6.03 Å². The van der Waals surface area contributed by atoms with Crippen LogP contribution in [0.5, 0.6) is 0 Å². The number of carbonyl (C=O) groups excluding carboxylic acids is 2. The first-order chi connectivity index (χ1) is 12.7. The first-order valence-corrected chi connectivity index (χ1v) is 9.78. The molecular weight excluding hydrogens is 328 g/mol. The Morgan fingerprint density at radius 1 is 1.23 bits per heavy atom. The van der Waals surface area contributed by atoms with Crippen LogP contribution in [0, 0.1) is 0 Å². The van der Waals surface area contributed by atoms with Crippen molar-refractivity contribution >= 4 is 11.9 Å². The summed E-state index contributed by atoms with van der Waals surface area (Å²) < 4.78 is 0. The van der Waals surface area contributed by atoms with Crippen molar-refractivity contribution < 1.29 is 9.59 Å². The van der Waals surface area contributed by atoms with Crippen LogP contribution in [0.1, 0.15) is 37.3 Å². The first-order valence-electron chi connectivity index (χ1n) is 9.78. The minimum atomic E-state index is -0.144. The number of fused-ring (bicyclic) bond motifs is 1. The van der Waals surface area contributed by atoms with Gasteiger partial charge in [-0.25, -0.2) is 4.79 Å². The average molecular weight is 358 g/mol. The smallest absolute Gasteiger partial charge is 0.318 e. The molecule has 0 radical (unpaired) electrons. The second-order valence-electron chi connectivity index (χ2n) is 7.17. The van der Waals surface area contributed by atoms with Crippen molar-refractivity contribution in [1.82, 2.24) is 20.4 Å². The van der Waals surface area contributed by atoms with Crippen molar-refractivity contribution in [2.75, 3.05) is 32.7 Å². The minimum absolute atomic E-state index is 0.0320. The summed E-state index contributed by atoms with van der Waals surface area (Å²) in [5.74, 6) is 0.0320. The second kappa shape index (κ2) is 9.03. The highest BCUT2D eigenvalue weighted by molar-refractivity contribution is 5.84. The Morgan fingerprint density at radius 3 is 2.69 bits per heavy atom. The highest BCUT2D eigenvalue weighted by Crippen LogP contribution is 2.18. The predicted molar refractivity (Wildman–Crippen MR) is 102 cm³/mol. The summed E-state index contributed by atoms with van der Waals surface area (Å²) >= 11 is 0. The molecule has 0 bridgehead atoms. The first kappa shape index (κ1) is 18.7. The van der Waals surface area contributed by atoms with Crippen LogP contribution in [0.3, 0.4) is 0 Å². The molecule has 1 saturated heterocycles. The SMILES string of the molecule is CCCN(C(=O)CNC(=O)N1CCc2ccccc2C1)C1CCNCC1. The highest BCUT2D eigenvalue weighted by Gasteiger charge is 2.26. The van der Waals surface area contributed by atoms with Crippen molar-refractivity contribution in [1.29, 1.82) is 0 Å². The number of urea groups is 1. The van der Waals surface area contributed by atoms with Crippen LogP contribution in [0.2, 0.25) is 0 Å². The maximum Gasteiger partial charge on any atom is 0.318 e. The summed E-state index contributed by atoms with van der Waals surface area (Å²) in [4.78, 5) is 29.0. The van der Waals surface area contributed by atoms with Gasteiger partial charge in [-0.1, -0.05) is 31.2 Å². The number of carbonyl (C=O) groups is 2. The molecule has 6 nitrogen and oxygen atoms in total. The summed E-state index contributed by atoms with van der Waals surface area (Å²) in [6.07, 6.45) is 3.78. The van der Waals surface area contributed by atoms with Gasteiger partial charge < -0.3 is 20.4 Å². The van der Waals surface area contributed by atoms with Crippen LogP contribution < -0.4 is 10.6 Å². The predicted octanol–water partition coefficient (Wildman–Crippen LogP) is 1.74. The highest BCUT2D eigenvalue weighted by atomic mass is 16.2. The zero-order chi connectivity index (χ0) is 18.4. The summed E-state index contributed by atoms with van der Waals surface area (Å²) in [6, 6.07) is 8.38. The molecule has 3 rings (SSSR count). The maximum atomic E-state index is 12.7. The Bertz CT molecular complexity index is 628. The summed E-state index contributed by atoms with van der Waals surface area (Å²) in [6.45, 7) is 6.16. The van der Waals surface area contributed by atoms with Crippen LogP contribution in [-0.4, -0.2) is 60.5 Å². The van der Waals surface area contributed by atoms with E-state index in [0.29, 0.717) is 19.1 Å². The number of piperidine rings is 1. The molecule has 6 heteroatoms. The number of nitrogens with one attached hydrogen (secondary N) is 2. The van der Waals surface area contributed by atoms with E-state index in [9.17, 15) is 9.59 Å².